The second-order valence-corrected chi connectivity index (χ2v) is 6.94. The number of hydrogen-bond donors (Lipinski definition) is 2. The molecule has 1 unspecified atom stereocenters. The maximum absolute atomic E-state index is 5.38. The van der Waals surface area contributed by atoms with Crippen molar-refractivity contribution in [3.63, 3.8) is 0 Å². The summed E-state index contributed by atoms with van der Waals surface area (Å²) >= 11 is 0. The standard InChI is InChI=1S/C22H34N4O2.HI/c1-19(26(2)18-20-8-5-4-6-9-20)11-13-23-22(25-15-17-27-3)24-14-12-21-10-7-16-28-21;/h4-10,16,19H,11-15,17-18H2,1-3H3,(H2,23,24,25);1H. The van der Waals surface area contributed by atoms with Gasteiger partial charge in [0.1, 0.15) is 5.76 Å². The molecule has 2 aromatic rings. The van der Waals surface area contributed by atoms with Gasteiger partial charge in [-0.05, 0) is 38.1 Å². The first-order valence-electron chi connectivity index (χ1n) is 9.96. The van der Waals surface area contributed by atoms with Gasteiger partial charge in [-0.2, -0.15) is 0 Å². The molecular weight excluding hydrogens is 479 g/mol. The van der Waals surface area contributed by atoms with Gasteiger partial charge in [0.05, 0.1) is 12.9 Å². The van der Waals surface area contributed by atoms with E-state index in [0.717, 1.165) is 50.7 Å². The van der Waals surface area contributed by atoms with Crippen molar-refractivity contribution in [1.29, 1.82) is 0 Å². The number of benzene rings is 1. The van der Waals surface area contributed by atoms with Crippen LogP contribution in [0.4, 0.5) is 0 Å². The summed E-state index contributed by atoms with van der Waals surface area (Å²) in [7, 11) is 3.87. The third kappa shape index (κ3) is 10.7. The Balaban J connectivity index is 0.00000420. The van der Waals surface area contributed by atoms with Crippen LogP contribution in [0.3, 0.4) is 0 Å². The first kappa shape index (κ1) is 25.5. The number of furan rings is 1. The fourth-order valence-electron chi connectivity index (χ4n) is 2.82. The minimum Gasteiger partial charge on any atom is -0.469 e. The summed E-state index contributed by atoms with van der Waals surface area (Å²) in [6.07, 6.45) is 3.53. The van der Waals surface area contributed by atoms with Crippen molar-refractivity contribution in [3.05, 3.63) is 60.1 Å². The van der Waals surface area contributed by atoms with Crippen LogP contribution in [0, 0.1) is 0 Å². The van der Waals surface area contributed by atoms with E-state index in [9.17, 15) is 0 Å². The van der Waals surface area contributed by atoms with Gasteiger partial charge in [-0.1, -0.05) is 30.3 Å². The predicted molar refractivity (Wildman–Crippen MR) is 130 cm³/mol. The third-order valence-corrected chi connectivity index (χ3v) is 4.69. The highest BCUT2D eigenvalue weighted by atomic mass is 127. The molecule has 0 spiro atoms. The van der Waals surface area contributed by atoms with Gasteiger partial charge in [0, 0.05) is 45.8 Å². The van der Waals surface area contributed by atoms with Crippen molar-refractivity contribution in [1.82, 2.24) is 15.5 Å². The number of rotatable bonds is 12. The van der Waals surface area contributed by atoms with Crippen LogP contribution in [0.1, 0.15) is 24.7 Å². The molecule has 1 aromatic carbocycles. The Labute approximate surface area is 192 Å². The highest BCUT2D eigenvalue weighted by Gasteiger charge is 2.09. The van der Waals surface area contributed by atoms with Crippen LogP contribution < -0.4 is 10.6 Å². The normalized spacial score (nSPS) is 12.5. The summed E-state index contributed by atoms with van der Waals surface area (Å²) in [5.74, 6) is 1.79. The Morgan fingerprint density at radius 3 is 2.59 bits per heavy atom. The Morgan fingerprint density at radius 2 is 1.90 bits per heavy atom. The van der Waals surface area contributed by atoms with E-state index in [-0.39, 0.29) is 24.0 Å². The summed E-state index contributed by atoms with van der Waals surface area (Å²) in [4.78, 5) is 7.09. The van der Waals surface area contributed by atoms with Crippen molar-refractivity contribution in [3.8, 4) is 0 Å². The van der Waals surface area contributed by atoms with Crippen LogP contribution in [-0.4, -0.2) is 57.3 Å². The van der Waals surface area contributed by atoms with Crippen LogP contribution in [0.2, 0.25) is 0 Å². The molecule has 0 radical (unpaired) electrons. The Hall–Kier alpha value is -1.58. The topological polar surface area (TPSA) is 62.0 Å². The van der Waals surface area contributed by atoms with Crippen molar-refractivity contribution >= 4 is 29.9 Å². The predicted octanol–water partition coefficient (Wildman–Crippen LogP) is 3.53. The van der Waals surface area contributed by atoms with Crippen molar-refractivity contribution in [2.24, 2.45) is 4.99 Å². The molecule has 0 aliphatic carbocycles. The van der Waals surface area contributed by atoms with Gasteiger partial charge in [0.2, 0.25) is 0 Å². The minimum atomic E-state index is 0. The van der Waals surface area contributed by atoms with Gasteiger partial charge in [0.25, 0.3) is 0 Å². The molecular formula is C22H35IN4O2. The zero-order valence-electron chi connectivity index (χ0n) is 17.8. The molecule has 1 atom stereocenters. The van der Waals surface area contributed by atoms with Gasteiger partial charge in [-0.3, -0.25) is 9.89 Å². The number of nitrogens with zero attached hydrogens (tertiary/aromatic N) is 2. The molecule has 0 bridgehead atoms. The van der Waals surface area contributed by atoms with Crippen LogP contribution in [0.5, 0.6) is 0 Å². The maximum Gasteiger partial charge on any atom is 0.191 e. The number of methoxy groups -OCH3 is 1. The van der Waals surface area contributed by atoms with Gasteiger partial charge < -0.3 is 19.8 Å². The van der Waals surface area contributed by atoms with Crippen molar-refractivity contribution < 1.29 is 9.15 Å². The molecule has 2 N–H and O–H groups in total. The molecule has 0 saturated carbocycles. The van der Waals surface area contributed by atoms with E-state index in [1.807, 2.05) is 12.1 Å². The fourth-order valence-corrected chi connectivity index (χ4v) is 2.82. The zero-order valence-corrected chi connectivity index (χ0v) is 20.1. The lowest BCUT2D eigenvalue weighted by Crippen LogP contribution is -2.40. The number of hydrogen-bond acceptors (Lipinski definition) is 4. The lowest BCUT2D eigenvalue weighted by Gasteiger charge is -2.24. The van der Waals surface area contributed by atoms with Crippen molar-refractivity contribution in [2.45, 2.75) is 32.4 Å². The summed E-state index contributed by atoms with van der Waals surface area (Å²) < 4.78 is 10.5. The van der Waals surface area contributed by atoms with Gasteiger partial charge in [-0.25, -0.2) is 0 Å². The molecule has 29 heavy (non-hydrogen) atoms. The fraction of sp³-hybridized carbons (Fsp3) is 0.500. The van der Waals surface area contributed by atoms with E-state index in [1.54, 1.807) is 13.4 Å². The number of halogens is 1. The largest absolute Gasteiger partial charge is 0.469 e. The monoisotopic (exact) mass is 514 g/mol. The van der Waals surface area contributed by atoms with Crippen LogP contribution in [0.25, 0.3) is 0 Å². The molecule has 0 fully saturated rings. The first-order chi connectivity index (χ1) is 13.7. The number of nitrogens with one attached hydrogen (secondary N) is 2. The van der Waals surface area contributed by atoms with Crippen LogP contribution >= 0.6 is 24.0 Å². The average molecular weight is 514 g/mol. The van der Waals surface area contributed by atoms with E-state index in [1.165, 1.54) is 5.56 Å². The van der Waals surface area contributed by atoms with E-state index < -0.39 is 0 Å². The molecule has 2 rings (SSSR count). The Kier molecular flexibility index (Phi) is 13.4. The molecule has 7 heteroatoms. The summed E-state index contributed by atoms with van der Waals surface area (Å²) in [6, 6.07) is 14.9. The number of ether oxygens (including phenoxy) is 1. The summed E-state index contributed by atoms with van der Waals surface area (Å²) in [6.45, 7) is 6.12. The molecule has 162 valence electrons. The molecule has 1 heterocycles. The third-order valence-electron chi connectivity index (χ3n) is 4.69. The minimum absolute atomic E-state index is 0. The van der Waals surface area contributed by atoms with E-state index in [4.69, 9.17) is 14.1 Å². The molecule has 6 nitrogen and oxygen atoms in total. The Morgan fingerprint density at radius 1 is 1.14 bits per heavy atom. The molecule has 0 amide bonds. The smallest absolute Gasteiger partial charge is 0.191 e. The van der Waals surface area contributed by atoms with Gasteiger partial charge in [0.15, 0.2) is 5.96 Å². The molecule has 0 aliphatic heterocycles. The van der Waals surface area contributed by atoms with Crippen LogP contribution in [0.15, 0.2) is 58.1 Å². The lowest BCUT2D eigenvalue weighted by molar-refractivity contribution is 0.203. The van der Waals surface area contributed by atoms with E-state index in [0.29, 0.717) is 12.6 Å². The second kappa shape index (κ2) is 15.3. The summed E-state index contributed by atoms with van der Waals surface area (Å²) in [5.41, 5.74) is 1.34. The molecule has 0 aliphatic rings. The lowest BCUT2D eigenvalue weighted by atomic mass is 10.1. The Bertz CT molecular complexity index is 665. The highest BCUT2D eigenvalue weighted by Crippen LogP contribution is 2.08. The van der Waals surface area contributed by atoms with Crippen molar-refractivity contribution in [2.75, 3.05) is 40.4 Å². The molecule has 0 saturated heterocycles. The number of aliphatic imine (C=N–C) groups is 1. The van der Waals surface area contributed by atoms with Gasteiger partial charge >= 0.3 is 0 Å². The quantitative estimate of drug-likeness (QED) is 0.197. The average Bonchev–Trinajstić information content (AvgIpc) is 3.22. The number of guanidine groups is 1. The highest BCUT2D eigenvalue weighted by molar-refractivity contribution is 14.0. The zero-order chi connectivity index (χ0) is 20.0. The first-order valence-corrected chi connectivity index (χ1v) is 9.96. The second-order valence-electron chi connectivity index (χ2n) is 6.94. The SMILES string of the molecule is COCCNC(=NCCC(C)N(C)Cc1ccccc1)NCCc1ccco1.I. The van der Waals surface area contributed by atoms with E-state index in [2.05, 4.69) is 59.8 Å². The maximum atomic E-state index is 5.38. The summed E-state index contributed by atoms with van der Waals surface area (Å²) in [5, 5.41) is 6.68. The molecule has 1 aromatic heterocycles. The van der Waals surface area contributed by atoms with Gasteiger partial charge in [-0.15, -0.1) is 24.0 Å². The van der Waals surface area contributed by atoms with E-state index >= 15 is 0 Å². The van der Waals surface area contributed by atoms with Crippen LogP contribution in [-0.2, 0) is 17.7 Å².